The summed E-state index contributed by atoms with van der Waals surface area (Å²) in [7, 11) is 0. The minimum Gasteiger partial charge on any atom is -0.444 e. The third kappa shape index (κ3) is 4.62. The van der Waals surface area contributed by atoms with Gasteiger partial charge in [-0.05, 0) is 49.6 Å². The van der Waals surface area contributed by atoms with E-state index in [-0.39, 0.29) is 11.7 Å². The van der Waals surface area contributed by atoms with Crippen molar-refractivity contribution in [2.75, 3.05) is 0 Å². The Morgan fingerprint density at radius 3 is 2.33 bits per heavy atom. The van der Waals surface area contributed by atoms with E-state index in [2.05, 4.69) is 31.3 Å². The molecule has 0 fully saturated rings. The number of aryl methyl sites for hydroxylation is 2. The normalized spacial score (nSPS) is 13.2. The Hall–Kier alpha value is -2.50. The molecule has 0 saturated heterocycles. The van der Waals surface area contributed by atoms with E-state index >= 15 is 0 Å². The summed E-state index contributed by atoms with van der Waals surface area (Å²) in [6, 6.07) is 18.4. The van der Waals surface area contributed by atoms with Gasteiger partial charge in [-0.1, -0.05) is 60.3 Å². The highest BCUT2D eigenvalue weighted by molar-refractivity contribution is 7.99. The van der Waals surface area contributed by atoms with Crippen molar-refractivity contribution in [1.29, 1.82) is 0 Å². The summed E-state index contributed by atoms with van der Waals surface area (Å²) in [5.41, 5.74) is 3.10. The molecule has 0 spiro atoms. The van der Waals surface area contributed by atoms with Crippen LogP contribution >= 0.6 is 11.8 Å². The van der Waals surface area contributed by atoms with Crippen molar-refractivity contribution < 1.29 is 14.3 Å². The van der Waals surface area contributed by atoms with Crippen molar-refractivity contribution in [1.82, 2.24) is 5.32 Å². The maximum atomic E-state index is 12.5. The molecule has 0 saturated carbocycles. The number of hydrogen-bond acceptors (Lipinski definition) is 4. The smallest absolute Gasteiger partial charge is 0.287 e. The van der Waals surface area contributed by atoms with Gasteiger partial charge in [0.1, 0.15) is 0 Å². The SMILES string of the molecule is Cc1cccc(C)c1Sc1ccc(C(=O)NC(C)C(O)c2ccccc2)o1. The van der Waals surface area contributed by atoms with Crippen LogP contribution in [0.4, 0.5) is 0 Å². The van der Waals surface area contributed by atoms with Gasteiger partial charge in [0.2, 0.25) is 0 Å². The van der Waals surface area contributed by atoms with Crippen molar-refractivity contribution in [2.45, 2.75) is 42.9 Å². The summed E-state index contributed by atoms with van der Waals surface area (Å²) in [5.74, 6) is -0.110. The van der Waals surface area contributed by atoms with Crippen molar-refractivity contribution in [3.05, 3.63) is 83.1 Å². The van der Waals surface area contributed by atoms with Crippen LogP contribution in [0.2, 0.25) is 0 Å². The van der Waals surface area contributed by atoms with E-state index in [0.717, 1.165) is 10.5 Å². The Bertz CT molecular complexity index is 900. The molecule has 2 unspecified atom stereocenters. The second kappa shape index (κ2) is 8.46. The molecule has 1 amide bonds. The van der Waals surface area contributed by atoms with Gasteiger partial charge >= 0.3 is 0 Å². The number of amides is 1. The number of carbonyl (C=O) groups excluding carboxylic acids is 1. The van der Waals surface area contributed by atoms with Gasteiger partial charge in [-0.3, -0.25) is 4.79 Å². The number of benzene rings is 2. The Kier molecular flexibility index (Phi) is 6.04. The summed E-state index contributed by atoms with van der Waals surface area (Å²) in [5, 5.41) is 13.9. The first-order chi connectivity index (χ1) is 13.0. The van der Waals surface area contributed by atoms with Gasteiger partial charge in [-0.2, -0.15) is 0 Å². The second-order valence-electron chi connectivity index (χ2n) is 6.56. The number of aliphatic hydroxyl groups is 1. The quantitative estimate of drug-likeness (QED) is 0.637. The average molecular weight is 381 g/mol. The highest BCUT2D eigenvalue weighted by Gasteiger charge is 2.21. The van der Waals surface area contributed by atoms with E-state index in [1.807, 2.05) is 36.4 Å². The molecule has 4 nitrogen and oxygen atoms in total. The van der Waals surface area contributed by atoms with Crippen LogP contribution in [0.25, 0.3) is 0 Å². The molecule has 140 valence electrons. The van der Waals surface area contributed by atoms with Gasteiger partial charge < -0.3 is 14.8 Å². The molecule has 5 heteroatoms. The van der Waals surface area contributed by atoms with Gasteiger partial charge in [0.05, 0.1) is 12.1 Å². The molecular formula is C22H23NO3S. The van der Waals surface area contributed by atoms with Crippen LogP contribution in [0.3, 0.4) is 0 Å². The van der Waals surface area contributed by atoms with Crippen LogP contribution in [0.15, 0.2) is 75.1 Å². The van der Waals surface area contributed by atoms with Crippen LogP contribution < -0.4 is 5.32 Å². The predicted octanol–water partition coefficient (Wildman–Crippen LogP) is 4.90. The van der Waals surface area contributed by atoms with E-state index in [1.165, 1.54) is 22.9 Å². The molecular weight excluding hydrogens is 358 g/mol. The predicted molar refractivity (Wildman–Crippen MR) is 107 cm³/mol. The van der Waals surface area contributed by atoms with Gasteiger partial charge in [0.25, 0.3) is 5.91 Å². The standard InChI is InChI=1S/C22H23NO3S/c1-14-8-7-9-15(2)21(14)27-19-13-12-18(26-19)22(25)23-16(3)20(24)17-10-5-4-6-11-17/h4-13,16,20,24H,1-3H3,(H,23,25). The number of nitrogens with one attached hydrogen (secondary N) is 1. The zero-order chi connectivity index (χ0) is 19.4. The molecule has 3 rings (SSSR count). The fourth-order valence-corrected chi connectivity index (χ4v) is 3.78. The molecule has 3 aromatic rings. The number of hydrogen-bond donors (Lipinski definition) is 2. The molecule has 1 heterocycles. The summed E-state index contributed by atoms with van der Waals surface area (Å²) in [4.78, 5) is 13.6. The lowest BCUT2D eigenvalue weighted by molar-refractivity contribution is 0.0821. The van der Waals surface area contributed by atoms with Crippen molar-refractivity contribution in [3.8, 4) is 0 Å². The third-order valence-corrected chi connectivity index (χ3v) is 5.66. The highest BCUT2D eigenvalue weighted by Crippen LogP contribution is 2.34. The van der Waals surface area contributed by atoms with E-state index in [1.54, 1.807) is 19.1 Å². The molecule has 0 radical (unpaired) electrons. The Balaban J connectivity index is 1.66. The number of rotatable bonds is 6. The van der Waals surface area contributed by atoms with Crippen LogP contribution in [0.1, 0.15) is 40.3 Å². The van der Waals surface area contributed by atoms with Gasteiger partial charge in [0.15, 0.2) is 10.9 Å². The van der Waals surface area contributed by atoms with Gasteiger partial charge in [0, 0.05) is 4.90 Å². The van der Waals surface area contributed by atoms with Crippen LogP contribution in [0.5, 0.6) is 0 Å². The molecule has 2 aromatic carbocycles. The Morgan fingerprint density at radius 1 is 1.00 bits per heavy atom. The minimum absolute atomic E-state index is 0.232. The van der Waals surface area contributed by atoms with E-state index in [4.69, 9.17) is 4.42 Å². The zero-order valence-corrected chi connectivity index (χ0v) is 16.4. The first kappa shape index (κ1) is 19.3. The second-order valence-corrected chi connectivity index (χ2v) is 7.57. The maximum absolute atomic E-state index is 12.5. The first-order valence-electron chi connectivity index (χ1n) is 8.83. The van der Waals surface area contributed by atoms with Gasteiger partial charge in [-0.25, -0.2) is 0 Å². The lowest BCUT2D eigenvalue weighted by Crippen LogP contribution is -2.36. The summed E-state index contributed by atoms with van der Waals surface area (Å²) in [6.07, 6.45) is -0.784. The fraction of sp³-hybridized carbons (Fsp3) is 0.227. The maximum Gasteiger partial charge on any atom is 0.287 e. The molecule has 0 aliphatic rings. The molecule has 1 aromatic heterocycles. The fourth-order valence-electron chi connectivity index (χ4n) is 2.85. The van der Waals surface area contributed by atoms with Crippen LogP contribution in [0, 0.1) is 13.8 Å². The van der Waals surface area contributed by atoms with Gasteiger partial charge in [-0.15, -0.1) is 0 Å². The number of furan rings is 1. The van der Waals surface area contributed by atoms with Crippen molar-refractivity contribution in [2.24, 2.45) is 0 Å². The van der Waals surface area contributed by atoms with Crippen molar-refractivity contribution >= 4 is 17.7 Å². The molecule has 0 bridgehead atoms. The summed E-state index contributed by atoms with van der Waals surface area (Å²) >= 11 is 1.51. The van der Waals surface area contributed by atoms with Crippen LogP contribution in [-0.4, -0.2) is 17.1 Å². The highest BCUT2D eigenvalue weighted by atomic mass is 32.2. The average Bonchev–Trinajstić information content (AvgIpc) is 3.14. The van der Waals surface area contributed by atoms with E-state index in [9.17, 15) is 9.90 Å². The molecule has 0 aliphatic heterocycles. The lowest BCUT2D eigenvalue weighted by Gasteiger charge is -2.20. The lowest BCUT2D eigenvalue weighted by atomic mass is 10.0. The molecule has 0 aliphatic carbocycles. The Labute approximate surface area is 163 Å². The summed E-state index contributed by atoms with van der Waals surface area (Å²) < 4.78 is 5.71. The topological polar surface area (TPSA) is 62.5 Å². The number of carbonyl (C=O) groups is 1. The summed E-state index contributed by atoms with van der Waals surface area (Å²) in [6.45, 7) is 5.88. The van der Waals surface area contributed by atoms with Crippen molar-refractivity contribution in [3.63, 3.8) is 0 Å². The monoisotopic (exact) mass is 381 g/mol. The minimum atomic E-state index is -0.784. The Morgan fingerprint density at radius 2 is 1.67 bits per heavy atom. The molecule has 27 heavy (non-hydrogen) atoms. The third-order valence-electron chi connectivity index (χ3n) is 4.39. The molecule has 2 atom stereocenters. The van der Waals surface area contributed by atoms with Crippen LogP contribution in [-0.2, 0) is 0 Å². The first-order valence-corrected chi connectivity index (χ1v) is 9.65. The number of aliphatic hydroxyl groups excluding tert-OH is 1. The van der Waals surface area contributed by atoms with E-state index < -0.39 is 12.1 Å². The largest absolute Gasteiger partial charge is 0.444 e. The van der Waals surface area contributed by atoms with E-state index in [0.29, 0.717) is 5.09 Å². The zero-order valence-electron chi connectivity index (χ0n) is 15.6. The molecule has 2 N–H and O–H groups in total.